The lowest BCUT2D eigenvalue weighted by Gasteiger charge is -2.42. The zero-order valence-electron chi connectivity index (χ0n) is 24.1. The van der Waals surface area contributed by atoms with Crippen molar-refractivity contribution in [2.75, 3.05) is 13.1 Å². The Morgan fingerprint density at radius 1 is 0.972 bits per heavy atom. The van der Waals surface area contributed by atoms with E-state index in [0.29, 0.717) is 17.7 Å². The molecule has 0 atom stereocenters. The fourth-order valence-electron chi connectivity index (χ4n) is 6.41. The van der Waals surface area contributed by atoms with Crippen LogP contribution in [0.2, 0.25) is 0 Å². The van der Waals surface area contributed by atoms with Crippen LogP contribution in [-0.2, 0) is 22.2 Å². The van der Waals surface area contributed by atoms with Crippen LogP contribution in [0.25, 0.3) is 0 Å². The Morgan fingerprint density at radius 2 is 1.50 bits per heavy atom. The number of hydrogen-bond donors (Lipinski definition) is 2. The van der Waals surface area contributed by atoms with Gasteiger partial charge in [0.15, 0.2) is 5.96 Å². The molecule has 0 saturated heterocycles. The maximum atomic E-state index is 13.7. The van der Waals surface area contributed by atoms with Crippen molar-refractivity contribution in [3.63, 3.8) is 0 Å². The lowest BCUT2D eigenvalue weighted by molar-refractivity contribution is -0.137. The smallest absolute Gasteiger partial charge is 0.225 e. The molecule has 0 radical (unpaired) electrons. The van der Waals surface area contributed by atoms with Gasteiger partial charge < -0.3 is 16.4 Å². The number of aryl methyl sites for hydroxylation is 1. The second kappa shape index (κ2) is 11.6. The van der Waals surface area contributed by atoms with E-state index in [-0.39, 0.29) is 22.7 Å². The Balaban J connectivity index is 1.83. The molecule has 202 valence electrons. The van der Waals surface area contributed by atoms with Crippen LogP contribution in [0.4, 0.5) is 0 Å². The molecule has 4 N–H and O–H groups in total. The molecule has 2 aliphatic carbocycles. The van der Waals surface area contributed by atoms with Gasteiger partial charge in [0.05, 0.1) is 0 Å². The lowest BCUT2D eigenvalue weighted by atomic mass is 9.62. The third-order valence-electron chi connectivity index (χ3n) is 9.29. The van der Waals surface area contributed by atoms with E-state index in [2.05, 4.69) is 70.5 Å². The van der Waals surface area contributed by atoms with E-state index in [4.69, 9.17) is 11.5 Å². The highest BCUT2D eigenvalue weighted by atomic mass is 16.2. The second-order valence-corrected chi connectivity index (χ2v) is 13.0. The molecular weight excluding hydrogens is 444 g/mol. The Kier molecular flexibility index (Phi) is 9.16. The van der Waals surface area contributed by atoms with Crippen LogP contribution in [0.3, 0.4) is 0 Å². The molecule has 0 unspecified atom stereocenters. The molecule has 1 aromatic rings. The highest BCUT2D eigenvalue weighted by Gasteiger charge is 2.38. The molecule has 1 fully saturated rings. The van der Waals surface area contributed by atoms with Gasteiger partial charge in [-0.1, -0.05) is 53.7 Å². The third-order valence-corrected chi connectivity index (χ3v) is 9.29. The summed E-state index contributed by atoms with van der Waals surface area (Å²) < 4.78 is 0. The van der Waals surface area contributed by atoms with Gasteiger partial charge in [0, 0.05) is 25.6 Å². The topological polar surface area (TPSA) is 84.7 Å². The van der Waals surface area contributed by atoms with E-state index < -0.39 is 0 Å². The molecule has 5 nitrogen and oxygen atoms in total. The summed E-state index contributed by atoms with van der Waals surface area (Å²) in [6.45, 7) is 18.4. The quantitative estimate of drug-likeness (QED) is 0.316. The fraction of sp³-hybridized carbons (Fsp3) is 0.742. The number of guanidine groups is 1. The minimum atomic E-state index is 0.108. The number of aliphatic imine (C=N–C) groups is 1. The van der Waals surface area contributed by atoms with Crippen LogP contribution < -0.4 is 11.5 Å². The summed E-state index contributed by atoms with van der Waals surface area (Å²) in [5, 5.41) is 0. The van der Waals surface area contributed by atoms with Crippen molar-refractivity contribution < 1.29 is 4.79 Å². The van der Waals surface area contributed by atoms with Gasteiger partial charge in [-0.15, -0.1) is 0 Å². The summed E-state index contributed by atoms with van der Waals surface area (Å²) in [4.78, 5) is 20.2. The van der Waals surface area contributed by atoms with E-state index >= 15 is 0 Å². The molecule has 1 saturated carbocycles. The Bertz CT molecular complexity index is 932. The number of fused-ring (bicyclic) bond motifs is 1. The van der Waals surface area contributed by atoms with Gasteiger partial charge in [0.25, 0.3) is 0 Å². The van der Waals surface area contributed by atoms with Gasteiger partial charge in [0.1, 0.15) is 0 Å². The number of carbonyl (C=O) groups excluding carboxylic acids is 1. The average Bonchev–Trinajstić information content (AvgIpc) is 2.82. The number of hydrogen-bond acceptors (Lipinski definition) is 2. The molecule has 0 aromatic heterocycles. The van der Waals surface area contributed by atoms with Crippen molar-refractivity contribution in [1.82, 2.24) is 4.90 Å². The summed E-state index contributed by atoms with van der Waals surface area (Å²) in [7, 11) is 0. The van der Waals surface area contributed by atoms with Gasteiger partial charge in [-0.2, -0.15) is 0 Å². The molecule has 0 heterocycles. The van der Waals surface area contributed by atoms with Crippen molar-refractivity contribution in [2.45, 2.75) is 117 Å². The number of benzene rings is 1. The first-order valence-electron chi connectivity index (χ1n) is 14.4. The molecule has 0 aliphatic heterocycles. The Morgan fingerprint density at radius 3 is 2.03 bits per heavy atom. The summed E-state index contributed by atoms with van der Waals surface area (Å²) in [5.74, 6) is 1.73. The van der Waals surface area contributed by atoms with Gasteiger partial charge in [0.2, 0.25) is 5.91 Å². The maximum Gasteiger partial charge on any atom is 0.225 e. The summed E-state index contributed by atoms with van der Waals surface area (Å²) >= 11 is 0. The molecule has 36 heavy (non-hydrogen) atoms. The molecule has 0 bridgehead atoms. The summed E-state index contributed by atoms with van der Waals surface area (Å²) in [6.07, 6.45) is 8.78. The van der Waals surface area contributed by atoms with Crippen molar-refractivity contribution in [3.8, 4) is 0 Å². The Hall–Kier alpha value is -2.04. The van der Waals surface area contributed by atoms with Crippen molar-refractivity contribution in [1.29, 1.82) is 0 Å². The third kappa shape index (κ3) is 6.63. The van der Waals surface area contributed by atoms with Crippen molar-refractivity contribution in [3.05, 3.63) is 34.4 Å². The molecule has 1 aromatic carbocycles. The highest BCUT2D eigenvalue weighted by Crippen LogP contribution is 2.46. The van der Waals surface area contributed by atoms with Crippen LogP contribution in [0.1, 0.15) is 115 Å². The number of carbonyl (C=O) groups is 1. The van der Waals surface area contributed by atoms with Crippen molar-refractivity contribution >= 4 is 11.9 Å². The molecule has 5 heteroatoms. The number of amides is 1. The minimum absolute atomic E-state index is 0.108. The molecule has 2 aliphatic rings. The van der Waals surface area contributed by atoms with Gasteiger partial charge in [-0.25, -0.2) is 0 Å². The predicted molar refractivity (Wildman–Crippen MR) is 152 cm³/mol. The molecule has 3 rings (SSSR count). The van der Waals surface area contributed by atoms with E-state index in [1.165, 1.54) is 35.1 Å². The first kappa shape index (κ1) is 28.5. The Labute approximate surface area is 220 Å². The second-order valence-electron chi connectivity index (χ2n) is 13.0. The molecule has 0 spiro atoms. The van der Waals surface area contributed by atoms with E-state index in [1.54, 1.807) is 0 Å². The monoisotopic (exact) mass is 496 g/mol. The number of nitrogens with two attached hydrogens (primary N) is 2. The summed E-state index contributed by atoms with van der Waals surface area (Å²) in [6, 6.07) is 4.88. The number of nitrogens with zero attached hydrogens (tertiary/aromatic N) is 2. The van der Waals surface area contributed by atoms with E-state index in [1.807, 2.05) is 0 Å². The lowest BCUT2D eigenvalue weighted by Crippen LogP contribution is -2.40. The average molecular weight is 497 g/mol. The largest absolute Gasteiger partial charge is 0.370 e. The molecule has 1 amide bonds. The fourth-order valence-corrected chi connectivity index (χ4v) is 6.41. The first-order chi connectivity index (χ1) is 16.9. The summed E-state index contributed by atoms with van der Waals surface area (Å²) in [5.41, 5.74) is 17.1. The van der Waals surface area contributed by atoms with Crippen LogP contribution in [0, 0.1) is 24.7 Å². The maximum absolute atomic E-state index is 13.7. The molecular formula is C31H52N4O. The zero-order chi connectivity index (χ0) is 26.7. The van der Waals surface area contributed by atoms with Crippen LogP contribution in [0.5, 0.6) is 0 Å². The van der Waals surface area contributed by atoms with Crippen LogP contribution in [-0.4, -0.2) is 29.9 Å². The van der Waals surface area contributed by atoms with Crippen molar-refractivity contribution in [2.24, 2.45) is 34.2 Å². The van der Waals surface area contributed by atoms with Crippen LogP contribution >= 0.6 is 0 Å². The van der Waals surface area contributed by atoms with Gasteiger partial charge in [-0.3, -0.25) is 9.79 Å². The number of rotatable bonds is 9. The van der Waals surface area contributed by atoms with E-state index in [9.17, 15) is 4.79 Å². The normalized spacial score (nSPS) is 22.7. The van der Waals surface area contributed by atoms with Crippen LogP contribution in [0.15, 0.2) is 17.1 Å². The zero-order valence-corrected chi connectivity index (χ0v) is 24.1. The first-order valence-corrected chi connectivity index (χ1v) is 14.4. The van der Waals surface area contributed by atoms with E-state index in [0.717, 1.165) is 58.2 Å². The van der Waals surface area contributed by atoms with Gasteiger partial charge in [-0.05, 0) is 103 Å². The predicted octanol–water partition coefficient (Wildman–Crippen LogP) is 6.19. The highest BCUT2D eigenvalue weighted by molar-refractivity contribution is 5.79. The standard InChI is InChI=1S/C31H52N4O/c1-8-24(9-2)28(36)35(19-23-12-10-22(11-13-23)18-34-29(32)33)20-25-17-27-26(16-21(25)3)30(4,5)14-15-31(27,6)7/h16-17,22-24H,8-15,18-20H2,1-7H3,(H4,32,33,34). The minimum Gasteiger partial charge on any atom is -0.370 e. The van der Waals surface area contributed by atoms with Gasteiger partial charge >= 0.3 is 0 Å². The SMILES string of the molecule is CCC(CC)C(=O)N(Cc1cc2c(cc1C)C(C)(C)CCC2(C)C)CC1CCC(CN=C(N)N)CC1.